The summed E-state index contributed by atoms with van der Waals surface area (Å²) >= 11 is 1.39. The van der Waals surface area contributed by atoms with Gasteiger partial charge < -0.3 is 10.2 Å². The lowest BCUT2D eigenvalue weighted by atomic mass is 10.1. The molecule has 0 spiro atoms. The molecule has 0 bridgehead atoms. The van der Waals surface area contributed by atoms with Crippen LogP contribution < -0.4 is 5.32 Å². The van der Waals surface area contributed by atoms with E-state index in [0.29, 0.717) is 16.1 Å². The Morgan fingerprint density at radius 2 is 1.88 bits per heavy atom. The molecule has 2 aromatic heterocycles. The predicted octanol–water partition coefficient (Wildman–Crippen LogP) is 5.48. The van der Waals surface area contributed by atoms with Crippen LogP contribution in [0.2, 0.25) is 0 Å². The third-order valence-corrected chi connectivity index (χ3v) is 5.96. The fourth-order valence-corrected chi connectivity index (χ4v) is 4.09. The quantitative estimate of drug-likeness (QED) is 0.409. The first-order valence-electron chi connectivity index (χ1n) is 9.76. The molecule has 0 aliphatic heterocycles. The molecule has 4 rings (SSSR count). The number of halogens is 1. The smallest absolute Gasteiger partial charge is 0.266 e. The van der Waals surface area contributed by atoms with E-state index in [-0.39, 0.29) is 24.2 Å². The number of amides is 2. The van der Waals surface area contributed by atoms with Crippen molar-refractivity contribution in [1.82, 2.24) is 15.1 Å². The Morgan fingerprint density at radius 3 is 2.59 bits per heavy atom. The summed E-state index contributed by atoms with van der Waals surface area (Å²) in [5.41, 5.74) is 4.53. The second-order valence-electron chi connectivity index (χ2n) is 7.38. The van der Waals surface area contributed by atoms with Crippen LogP contribution in [-0.2, 0) is 0 Å². The molecule has 0 atom stereocenters. The van der Waals surface area contributed by atoms with E-state index in [9.17, 15) is 9.59 Å². The van der Waals surface area contributed by atoms with Crippen LogP contribution in [0.5, 0.6) is 0 Å². The molecule has 0 fully saturated rings. The maximum absolute atomic E-state index is 12.8. The summed E-state index contributed by atoms with van der Waals surface area (Å²) in [6.07, 6.45) is 3.79. The van der Waals surface area contributed by atoms with Crippen LogP contribution in [0.15, 0.2) is 53.9 Å². The van der Waals surface area contributed by atoms with E-state index in [1.165, 1.54) is 16.2 Å². The van der Waals surface area contributed by atoms with Crippen LogP contribution >= 0.6 is 23.7 Å². The predicted molar refractivity (Wildman–Crippen MR) is 134 cm³/mol. The highest BCUT2D eigenvalue weighted by Gasteiger charge is 2.15. The second-order valence-corrected chi connectivity index (χ2v) is 8.29. The fraction of sp³-hybridized carbons (Fsp3) is 0.125. The minimum atomic E-state index is -0.193. The first-order valence-corrected chi connectivity index (χ1v) is 10.6. The Balaban J connectivity index is 0.00000289. The second kappa shape index (κ2) is 9.80. The number of rotatable bonds is 5. The number of carbonyl (C=O) groups is 2. The van der Waals surface area contributed by atoms with Crippen molar-refractivity contribution in [3.05, 3.63) is 81.2 Å². The van der Waals surface area contributed by atoms with E-state index in [1.54, 1.807) is 26.2 Å². The lowest BCUT2D eigenvalue weighted by Gasteiger charge is -2.14. The summed E-state index contributed by atoms with van der Waals surface area (Å²) in [6.45, 7) is 1.90. The van der Waals surface area contributed by atoms with Crippen LogP contribution in [0.1, 0.15) is 36.9 Å². The van der Waals surface area contributed by atoms with Gasteiger partial charge >= 0.3 is 0 Å². The van der Waals surface area contributed by atoms with Crippen LogP contribution in [0, 0.1) is 6.92 Å². The number of thiophene rings is 1. The highest BCUT2D eigenvalue weighted by atomic mass is 35.5. The van der Waals surface area contributed by atoms with Crippen molar-refractivity contribution < 1.29 is 9.59 Å². The van der Waals surface area contributed by atoms with Crippen molar-refractivity contribution in [2.24, 2.45) is 0 Å². The summed E-state index contributed by atoms with van der Waals surface area (Å²) in [6, 6.07) is 15.1. The molecular formula is C24H23ClN4O2S. The Bertz CT molecular complexity index is 1310. The first kappa shape index (κ1) is 23.2. The fourth-order valence-electron chi connectivity index (χ4n) is 3.27. The highest BCUT2D eigenvalue weighted by molar-refractivity contribution is 7.12. The zero-order chi connectivity index (χ0) is 22.0. The topological polar surface area (TPSA) is 78.1 Å². The molecular weight excluding hydrogens is 444 g/mol. The molecule has 0 radical (unpaired) electrons. The van der Waals surface area contributed by atoms with Gasteiger partial charge in [0.15, 0.2) is 0 Å². The van der Waals surface area contributed by atoms with Gasteiger partial charge in [-0.3, -0.25) is 14.7 Å². The molecule has 0 aliphatic carbocycles. The van der Waals surface area contributed by atoms with Gasteiger partial charge in [-0.2, -0.15) is 5.10 Å². The average molecular weight is 467 g/mol. The largest absolute Gasteiger partial charge is 0.345 e. The van der Waals surface area contributed by atoms with Crippen LogP contribution in [0.4, 0.5) is 5.69 Å². The summed E-state index contributed by atoms with van der Waals surface area (Å²) in [4.78, 5) is 27.4. The summed E-state index contributed by atoms with van der Waals surface area (Å²) in [5.74, 6) is -0.321. The number of nitrogens with one attached hydrogen (secondary N) is 2. The zero-order valence-corrected chi connectivity index (χ0v) is 19.5. The molecule has 2 aromatic carbocycles. The van der Waals surface area contributed by atoms with Crippen LogP contribution in [0.3, 0.4) is 0 Å². The highest BCUT2D eigenvalue weighted by Crippen LogP contribution is 2.25. The van der Waals surface area contributed by atoms with Gasteiger partial charge in [0.25, 0.3) is 11.8 Å². The minimum Gasteiger partial charge on any atom is -0.345 e. The molecule has 2 heterocycles. The third kappa shape index (κ3) is 4.74. The van der Waals surface area contributed by atoms with E-state index in [2.05, 4.69) is 15.5 Å². The van der Waals surface area contributed by atoms with E-state index in [4.69, 9.17) is 0 Å². The molecule has 4 aromatic rings. The van der Waals surface area contributed by atoms with Gasteiger partial charge in [-0.1, -0.05) is 30.3 Å². The van der Waals surface area contributed by atoms with E-state index >= 15 is 0 Å². The molecule has 32 heavy (non-hydrogen) atoms. The van der Waals surface area contributed by atoms with Gasteiger partial charge in [-0.05, 0) is 53.8 Å². The van der Waals surface area contributed by atoms with Crippen molar-refractivity contribution in [2.45, 2.75) is 6.92 Å². The van der Waals surface area contributed by atoms with Crippen LogP contribution in [0.25, 0.3) is 23.1 Å². The Kier molecular flexibility index (Phi) is 7.12. The number of fused-ring (bicyclic) bond motifs is 1. The maximum Gasteiger partial charge on any atom is 0.266 e. The standard InChI is InChI=1S/C24H22N4O2S.ClH/c1-15-12-13-31-22(15)23(29)25-21-14-17(24(30)28(2)3)9-8-16(21)10-11-20-18-6-4-5-7-19(18)26-27-20;/h4-14H,1-3H3,(H,25,29)(H,26,27);1H. The monoisotopic (exact) mass is 466 g/mol. The van der Waals surface area contributed by atoms with Crippen molar-refractivity contribution in [3.8, 4) is 0 Å². The summed E-state index contributed by atoms with van der Waals surface area (Å²) < 4.78 is 0. The normalized spacial score (nSPS) is 10.8. The number of anilines is 1. The van der Waals surface area contributed by atoms with E-state index in [0.717, 1.165) is 27.7 Å². The summed E-state index contributed by atoms with van der Waals surface area (Å²) in [7, 11) is 3.40. The van der Waals surface area contributed by atoms with Gasteiger partial charge in [0.2, 0.25) is 0 Å². The Labute approximate surface area is 196 Å². The summed E-state index contributed by atoms with van der Waals surface area (Å²) in [5, 5.41) is 13.3. The molecule has 6 nitrogen and oxygen atoms in total. The molecule has 0 unspecified atom stereocenters. The molecule has 2 N–H and O–H groups in total. The van der Waals surface area contributed by atoms with Gasteiger partial charge in [0, 0.05) is 30.7 Å². The van der Waals surface area contributed by atoms with Crippen molar-refractivity contribution >= 4 is 64.3 Å². The Hall–Kier alpha value is -3.42. The number of nitrogens with zero attached hydrogens (tertiary/aromatic N) is 2. The first-order chi connectivity index (χ1) is 14.9. The maximum atomic E-state index is 12.8. The van der Waals surface area contributed by atoms with Crippen molar-refractivity contribution in [3.63, 3.8) is 0 Å². The number of para-hydroxylation sites is 1. The van der Waals surface area contributed by atoms with Gasteiger partial charge in [-0.25, -0.2) is 0 Å². The number of aryl methyl sites for hydroxylation is 1. The van der Waals surface area contributed by atoms with E-state index < -0.39 is 0 Å². The van der Waals surface area contributed by atoms with E-state index in [1.807, 2.05) is 60.9 Å². The van der Waals surface area contributed by atoms with Crippen LogP contribution in [-0.4, -0.2) is 41.0 Å². The van der Waals surface area contributed by atoms with Crippen molar-refractivity contribution in [1.29, 1.82) is 0 Å². The Morgan fingerprint density at radius 1 is 1.09 bits per heavy atom. The van der Waals surface area contributed by atoms with Crippen molar-refractivity contribution in [2.75, 3.05) is 19.4 Å². The minimum absolute atomic E-state index is 0. The lowest BCUT2D eigenvalue weighted by Crippen LogP contribution is -2.22. The SMILES string of the molecule is Cc1ccsc1C(=O)Nc1cc(C(=O)N(C)C)ccc1C=Cc1n[nH]c2ccccc12.Cl. The number of carbonyl (C=O) groups excluding carboxylic acids is 2. The number of benzene rings is 2. The number of aromatic amines is 1. The molecule has 0 saturated carbocycles. The zero-order valence-electron chi connectivity index (χ0n) is 17.9. The average Bonchev–Trinajstić information content (AvgIpc) is 3.38. The number of H-pyrrole nitrogens is 1. The molecule has 0 aliphatic rings. The molecule has 8 heteroatoms. The number of aromatic nitrogens is 2. The van der Waals surface area contributed by atoms with Gasteiger partial charge in [0.05, 0.1) is 16.1 Å². The van der Waals surface area contributed by atoms with Gasteiger partial charge in [-0.15, -0.1) is 23.7 Å². The number of hydrogen-bond donors (Lipinski definition) is 2. The molecule has 164 valence electrons. The van der Waals surface area contributed by atoms with Gasteiger partial charge in [0.1, 0.15) is 0 Å². The molecule has 0 saturated heterocycles. The third-order valence-electron chi connectivity index (χ3n) is 4.94. The molecule has 2 amide bonds. The lowest BCUT2D eigenvalue weighted by molar-refractivity contribution is 0.0827. The number of hydrogen-bond acceptors (Lipinski definition) is 4.